The van der Waals surface area contributed by atoms with Crippen molar-refractivity contribution in [2.45, 2.75) is 58.8 Å². The van der Waals surface area contributed by atoms with Crippen LogP contribution in [-0.4, -0.2) is 4.98 Å². The Kier molecular flexibility index (Phi) is 7.96. The lowest BCUT2D eigenvalue weighted by atomic mass is 10.00. The summed E-state index contributed by atoms with van der Waals surface area (Å²) in [7, 11) is 0. The maximum absolute atomic E-state index is 13.1. The molecule has 1 aromatic heterocycles. The van der Waals surface area contributed by atoms with Gasteiger partial charge in [-0.2, -0.15) is 0 Å². The molecule has 0 fully saturated rings. The quantitative estimate of drug-likeness (QED) is 0.429. The van der Waals surface area contributed by atoms with E-state index in [2.05, 4.69) is 24.9 Å². The molecule has 0 aliphatic rings. The van der Waals surface area contributed by atoms with Crippen LogP contribution in [0.15, 0.2) is 42.5 Å². The molecule has 1 N–H and O–H groups in total. The molecule has 146 valence electrons. The van der Waals surface area contributed by atoms with Crippen molar-refractivity contribution in [3.63, 3.8) is 0 Å². The van der Waals surface area contributed by atoms with Crippen LogP contribution in [0.1, 0.15) is 63.6 Å². The van der Waals surface area contributed by atoms with Crippen LogP contribution in [0.5, 0.6) is 0 Å². The minimum atomic E-state index is -0.519. The van der Waals surface area contributed by atoms with Crippen LogP contribution in [0, 0.1) is 17.5 Å². The number of hydrogen-bond acceptors (Lipinski definition) is 0. The lowest BCUT2D eigenvalue weighted by Gasteiger charge is -2.08. The van der Waals surface area contributed by atoms with Crippen LogP contribution in [0.25, 0.3) is 10.9 Å². The molecule has 0 aliphatic carbocycles. The number of rotatable bonds is 6. The molecule has 4 heteroatoms. The molecule has 1 unspecified atom stereocenters. The molecule has 3 aromatic rings. The predicted octanol–water partition coefficient (Wildman–Crippen LogP) is 7.52. The Hall–Kier alpha value is -2.23. The number of hydrogen-bond donors (Lipinski definition) is 1. The fourth-order valence-electron chi connectivity index (χ4n) is 3.06. The molecule has 1 atom stereocenters. The number of benzene rings is 2. The average molecular weight is 375 g/mol. The van der Waals surface area contributed by atoms with E-state index in [1.54, 1.807) is 6.07 Å². The van der Waals surface area contributed by atoms with E-state index in [0.717, 1.165) is 17.0 Å². The smallest absolute Gasteiger partial charge is 0.129 e. The van der Waals surface area contributed by atoms with Crippen LogP contribution < -0.4 is 0 Å². The highest BCUT2D eigenvalue weighted by molar-refractivity contribution is 5.80. The zero-order chi connectivity index (χ0) is 19.8. The molecule has 27 heavy (non-hydrogen) atoms. The number of unbranched alkanes of at least 4 members (excludes halogenated alkanes) is 2. The number of H-pyrrole nitrogens is 1. The third-order valence-electron chi connectivity index (χ3n) is 4.77. The van der Waals surface area contributed by atoms with Gasteiger partial charge in [-0.3, -0.25) is 0 Å². The van der Waals surface area contributed by atoms with Crippen molar-refractivity contribution in [3.05, 3.63) is 71.2 Å². The number of aryl methyl sites for hydroxylation is 1. The molecular formula is C23H28F3N. The van der Waals surface area contributed by atoms with Gasteiger partial charge in [-0.05, 0) is 54.7 Å². The summed E-state index contributed by atoms with van der Waals surface area (Å²) in [6, 6.07) is 10.6. The molecule has 0 saturated heterocycles. The largest absolute Gasteiger partial charge is 0.358 e. The molecule has 2 aromatic carbocycles. The van der Waals surface area contributed by atoms with Gasteiger partial charge < -0.3 is 4.98 Å². The SMILES string of the molecule is CCCCCC(C)c1cc2cc(F)ccc2[nH]1.CCc1ccc(F)cc1F. The summed E-state index contributed by atoms with van der Waals surface area (Å²) in [6.07, 6.45) is 5.61. The topological polar surface area (TPSA) is 15.8 Å². The van der Waals surface area contributed by atoms with Crippen LogP contribution >= 0.6 is 0 Å². The summed E-state index contributed by atoms with van der Waals surface area (Å²) in [4.78, 5) is 3.38. The molecule has 0 radical (unpaired) electrons. The van der Waals surface area contributed by atoms with E-state index >= 15 is 0 Å². The number of fused-ring (bicyclic) bond motifs is 1. The standard InChI is InChI=1S/C15H20FN.C8H8F2/c1-3-4-5-6-11(2)15-10-12-9-13(16)7-8-14(12)17-15;1-2-6-3-4-7(9)5-8(6)10/h7-11,17H,3-6H2,1-2H3;3-5H,2H2,1H3. The molecule has 0 aliphatic heterocycles. The van der Waals surface area contributed by atoms with Gasteiger partial charge in [0, 0.05) is 22.7 Å². The van der Waals surface area contributed by atoms with Gasteiger partial charge >= 0.3 is 0 Å². The Morgan fingerprint density at radius 3 is 2.26 bits per heavy atom. The Bertz CT molecular complexity index is 854. The van der Waals surface area contributed by atoms with Gasteiger partial charge in [-0.1, -0.05) is 46.1 Å². The fourth-order valence-corrected chi connectivity index (χ4v) is 3.06. The molecule has 1 heterocycles. The number of nitrogens with one attached hydrogen (secondary N) is 1. The molecule has 1 nitrogen and oxygen atoms in total. The first-order chi connectivity index (χ1) is 12.9. The molecule has 0 spiro atoms. The maximum atomic E-state index is 13.1. The molecule has 3 rings (SSSR count). The second-order valence-corrected chi connectivity index (χ2v) is 6.94. The van der Waals surface area contributed by atoms with Crippen molar-refractivity contribution < 1.29 is 13.2 Å². The summed E-state index contributed by atoms with van der Waals surface area (Å²) < 4.78 is 37.9. The lowest BCUT2D eigenvalue weighted by molar-refractivity contribution is 0.573. The van der Waals surface area contributed by atoms with E-state index in [1.807, 2.05) is 13.0 Å². The summed E-state index contributed by atoms with van der Waals surface area (Å²) in [5.74, 6) is -0.615. The van der Waals surface area contributed by atoms with E-state index in [-0.39, 0.29) is 5.82 Å². The predicted molar refractivity (Wildman–Crippen MR) is 107 cm³/mol. The highest BCUT2D eigenvalue weighted by Gasteiger charge is 2.09. The molecule has 0 amide bonds. The first kappa shape index (κ1) is 21.1. The fraction of sp³-hybridized carbons (Fsp3) is 0.391. The van der Waals surface area contributed by atoms with Crippen molar-refractivity contribution in [2.75, 3.05) is 0 Å². The van der Waals surface area contributed by atoms with Crippen molar-refractivity contribution in [2.24, 2.45) is 0 Å². The van der Waals surface area contributed by atoms with Gasteiger partial charge in [0.25, 0.3) is 0 Å². The third kappa shape index (κ3) is 6.16. The second kappa shape index (κ2) is 10.2. The van der Waals surface area contributed by atoms with Gasteiger partial charge in [0.05, 0.1) is 0 Å². The maximum Gasteiger partial charge on any atom is 0.129 e. The lowest BCUT2D eigenvalue weighted by Crippen LogP contribution is -1.93. The summed E-state index contributed by atoms with van der Waals surface area (Å²) in [6.45, 7) is 6.28. The molecule has 0 saturated carbocycles. The summed E-state index contributed by atoms with van der Waals surface area (Å²) in [5, 5.41) is 0.974. The van der Waals surface area contributed by atoms with E-state index in [0.29, 0.717) is 17.9 Å². The number of aromatic nitrogens is 1. The van der Waals surface area contributed by atoms with Gasteiger partial charge in [0.1, 0.15) is 17.5 Å². The minimum absolute atomic E-state index is 0.165. The van der Waals surface area contributed by atoms with E-state index in [9.17, 15) is 13.2 Å². The van der Waals surface area contributed by atoms with Gasteiger partial charge in [-0.15, -0.1) is 0 Å². The van der Waals surface area contributed by atoms with E-state index in [1.165, 1.54) is 49.6 Å². The Morgan fingerprint density at radius 2 is 1.59 bits per heavy atom. The zero-order valence-corrected chi connectivity index (χ0v) is 16.3. The first-order valence-electron chi connectivity index (χ1n) is 9.66. The van der Waals surface area contributed by atoms with Crippen molar-refractivity contribution in [1.82, 2.24) is 4.98 Å². The Labute approximate surface area is 159 Å². The van der Waals surface area contributed by atoms with Crippen molar-refractivity contribution in [1.29, 1.82) is 0 Å². The molecule has 0 bridgehead atoms. The van der Waals surface area contributed by atoms with Crippen molar-refractivity contribution in [3.8, 4) is 0 Å². The van der Waals surface area contributed by atoms with Crippen LogP contribution in [0.3, 0.4) is 0 Å². The number of halogens is 3. The van der Waals surface area contributed by atoms with Crippen molar-refractivity contribution >= 4 is 10.9 Å². The average Bonchev–Trinajstić information content (AvgIpc) is 3.06. The van der Waals surface area contributed by atoms with E-state index in [4.69, 9.17) is 0 Å². The monoisotopic (exact) mass is 375 g/mol. The molecular weight excluding hydrogens is 347 g/mol. The number of aromatic amines is 1. The van der Waals surface area contributed by atoms with Gasteiger partial charge in [0.15, 0.2) is 0 Å². The highest BCUT2D eigenvalue weighted by atomic mass is 19.1. The normalized spacial score (nSPS) is 11.9. The third-order valence-corrected chi connectivity index (χ3v) is 4.77. The van der Waals surface area contributed by atoms with Crippen LogP contribution in [0.2, 0.25) is 0 Å². The van der Waals surface area contributed by atoms with Gasteiger partial charge in [-0.25, -0.2) is 13.2 Å². The Morgan fingerprint density at radius 1 is 0.889 bits per heavy atom. The van der Waals surface area contributed by atoms with E-state index < -0.39 is 11.6 Å². The Balaban J connectivity index is 0.000000223. The summed E-state index contributed by atoms with van der Waals surface area (Å²) >= 11 is 0. The highest BCUT2D eigenvalue weighted by Crippen LogP contribution is 2.25. The van der Waals surface area contributed by atoms with Crippen LogP contribution in [0.4, 0.5) is 13.2 Å². The first-order valence-corrected chi connectivity index (χ1v) is 9.66. The van der Waals surface area contributed by atoms with Gasteiger partial charge in [0.2, 0.25) is 0 Å². The second-order valence-electron chi connectivity index (χ2n) is 6.94. The van der Waals surface area contributed by atoms with Crippen LogP contribution in [-0.2, 0) is 6.42 Å². The minimum Gasteiger partial charge on any atom is -0.358 e. The summed E-state index contributed by atoms with van der Waals surface area (Å²) in [5.41, 5.74) is 2.81. The zero-order valence-electron chi connectivity index (χ0n) is 16.3.